The van der Waals surface area contributed by atoms with Gasteiger partial charge in [-0.05, 0) is 30.2 Å². The van der Waals surface area contributed by atoms with Gasteiger partial charge in [-0.2, -0.15) is 0 Å². The van der Waals surface area contributed by atoms with Crippen LogP contribution in [0, 0.1) is 6.92 Å². The van der Waals surface area contributed by atoms with Crippen LogP contribution in [0.1, 0.15) is 17.3 Å². The van der Waals surface area contributed by atoms with Crippen LogP contribution in [0.3, 0.4) is 0 Å². The van der Waals surface area contributed by atoms with E-state index in [1.54, 1.807) is 18.2 Å². The molecule has 0 fully saturated rings. The Morgan fingerprint density at radius 3 is 2.75 bits per heavy atom. The maximum absolute atomic E-state index is 13.1. The average Bonchev–Trinajstić information content (AvgIpc) is 2.03. The first-order valence-electron chi connectivity index (χ1n) is 3.75. The zero-order chi connectivity index (χ0) is 9.14. The molecule has 1 atom stereocenters. The summed E-state index contributed by atoms with van der Waals surface area (Å²) in [5, 5.41) is 0.625. The Morgan fingerprint density at radius 2 is 2.25 bits per heavy atom. The molecule has 0 aliphatic heterocycles. The van der Waals surface area contributed by atoms with Crippen LogP contribution in [-0.4, -0.2) is 6.54 Å². The van der Waals surface area contributed by atoms with Crippen molar-refractivity contribution in [2.24, 2.45) is 5.73 Å². The van der Waals surface area contributed by atoms with Crippen molar-refractivity contribution in [2.45, 2.75) is 13.1 Å². The smallest absolute Gasteiger partial charge is 0.138 e. The van der Waals surface area contributed by atoms with Crippen molar-refractivity contribution < 1.29 is 4.39 Å². The van der Waals surface area contributed by atoms with Crippen LogP contribution in [0.2, 0.25) is 5.02 Å². The highest BCUT2D eigenvalue weighted by Crippen LogP contribution is 2.22. The molecule has 0 heterocycles. The average molecular weight is 188 g/mol. The van der Waals surface area contributed by atoms with Gasteiger partial charge in [-0.15, -0.1) is 0 Å². The van der Waals surface area contributed by atoms with Crippen molar-refractivity contribution in [1.29, 1.82) is 0 Å². The fourth-order valence-electron chi connectivity index (χ4n) is 1.12. The molecule has 1 aromatic rings. The molecule has 0 aliphatic carbocycles. The minimum absolute atomic E-state index is 0.0163. The number of aryl methyl sites for hydroxylation is 1. The number of rotatable bonds is 2. The topological polar surface area (TPSA) is 26.0 Å². The van der Waals surface area contributed by atoms with E-state index in [1.165, 1.54) is 0 Å². The summed E-state index contributed by atoms with van der Waals surface area (Å²) < 4.78 is 13.1. The molecule has 3 heteroatoms. The fraction of sp³-hybridized carbons (Fsp3) is 0.333. The minimum Gasteiger partial charge on any atom is -0.327 e. The highest BCUT2D eigenvalue weighted by atomic mass is 35.5. The summed E-state index contributed by atoms with van der Waals surface area (Å²) in [5.74, 6) is 0. The van der Waals surface area contributed by atoms with Gasteiger partial charge in [0.25, 0.3) is 0 Å². The van der Waals surface area contributed by atoms with Crippen molar-refractivity contribution >= 4 is 11.6 Å². The van der Waals surface area contributed by atoms with E-state index in [0.29, 0.717) is 10.6 Å². The summed E-state index contributed by atoms with van der Waals surface area (Å²) in [5.41, 5.74) is 6.68. The monoisotopic (exact) mass is 187 g/mol. The Hall–Kier alpha value is -0.600. The van der Waals surface area contributed by atoms with Crippen molar-refractivity contribution in [1.82, 2.24) is 0 Å². The van der Waals surface area contributed by atoms with Crippen LogP contribution in [-0.2, 0) is 0 Å². The lowest BCUT2D eigenvalue weighted by atomic mass is 10.0. The van der Waals surface area contributed by atoms with Gasteiger partial charge >= 0.3 is 0 Å². The summed E-state index contributed by atoms with van der Waals surface area (Å²) in [6, 6.07) is 5.08. The molecule has 0 saturated heterocycles. The highest BCUT2D eigenvalue weighted by molar-refractivity contribution is 6.30. The van der Waals surface area contributed by atoms with Crippen molar-refractivity contribution in [3.63, 3.8) is 0 Å². The molecule has 0 aromatic heterocycles. The molecule has 0 saturated carbocycles. The number of halogens is 2. The standard InChI is InChI=1S/C9H11ClFN/c1-6-4-7(10)2-3-8(6)9(11)5-12/h2-4,9H,5,12H2,1H3. The normalized spacial score (nSPS) is 13.0. The van der Waals surface area contributed by atoms with E-state index in [1.807, 2.05) is 6.92 Å². The molecular weight excluding hydrogens is 177 g/mol. The molecule has 1 rings (SSSR count). The van der Waals surface area contributed by atoms with E-state index in [0.717, 1.165) is 5.56 Å². The fourth-order valence-corrected chi connectivity index (χ4v) is 1.34. The van der Waals surface area contributed by atoms with E-state index in [-0.39, 0.29) is 6.54 Å². The molecule has 0 amide bonds. The quantitative estimate of drug-likeness (QED) is 0.757. The molecule has 1 unspecified atom stereocenters. The SMILES string of the molecule is Cc1cc(Cl)ccc1C(F)CN. The molecule has 2 N–H and O–H groups in total. The third-order valence-corrected chi connectivity index (χ3v) is 2.01. The second kappa shape index (κ2) is 3.87. The third-order valence-electron chi connectivity index (χ3n) is 1.78. The summed E-state index contributed by atoms with van der Waals surface area (Å²) in [6.07, 6.45) is -1.08. The molecule has 0 bridgehead atoms. The summed E-state index contributed by atoms with van der Waals surface area (Å²) >= 11 is 5.71. The predicted octanol–water partition coefficient (Wildman–Crippen LogP) is 2.62. The molecule has 66 valence electrons. The second-order valence-corrected chi connectivity index (χ2v) is 3.14. The molecule has 1 aromatic carbocycles. The van der Waals surface area contributed by atoms with Crippen LogP contribution in [0.5, 0.6) is 0 Å². The van der Waals surface area contributed by atoms with Crippen molar-refractivity contribution in [2.75, 3.05) is 6.54 Å². The highest BCUT2D eigenvalue weighted by Gasteiger charge is 2.09. The van der Waals surface area contributed by atoms with Crippen molar-refractivity contribution in [3.05, 3.63) is 34.3 Å². The Balaban J connectivity index is 3.01. The van der Waals surface area contributed by atoms with Gasteiger partial charge in [-0.3, -0.25) is 0 Å². The largest absolute Gasteiger partial charge is 0.327 e. The molecule has 0 aliphatic rings. The van der Waals surface area contributed by atoms with E-state index in [2.05, 4.69) is 0 Å². The lowest BCUT2D eigenvalue weighted by Crippen LogP contribution is -2.08. The Bertz CT molecular complexity index is 275. The zero-order valence-electron chi connectivity index (χ0n) is 6.85. The summed E-state index contributed by atoms with van der Waals surface area (Å²) in [4.78, 5) is 0. The molecular formula is C9H11ClFN. The Labute approximate surface area is 76.3 Å². The van der Waals surface area contributed by atoms with Crippen LogP contribution in [0.15, 0.2) is 18.2 Å². The molecule has 12 heavy (non-hydrogen) atoms. The van der Waals surface area contributed by atoms with Crippen molar-refractivity contribution in [3.8, 4) is 0 Å². The number of nitrogens with two attached hydrogens (primary N) is 1. The van der Waals surface area contributed by atoms with Gasteiger partial charge < -0.3 is 5.73 Å². The van der Waals surface area contributed by atoms with Gasteiger partial charge in [0, 0.05) is 11.6 Å². The second-order valence-electron chi connectivity index (χ2n) is 2.70. The van der Waals surface area contributed by atoms with Crippen LogP contribution in [0.4, 0.5) is 4.39 Å². The van der Waals surface area contributed by atoms with Gasteiger partial charge in [0.2, 0.25) is 0 Å². The summed E-state index contributed by atoms with van der Waals surface area (Å²) in [7, 11) is 0. The maximum Gasteiger partial charge on any atom is 0.138 e. The predicted molar refractivity (Wildman–Crippen MR) is 49.1 cm³/mol. The van der Waals surface area contributed by atoms with Crippen LogP contribution in [0.25, 0.3) is 0 Å². The number of hydrogen-bond acceptors (Lipinski definition) is 1. The number of benzene rings is 1. The molecule has 1 nitrogen and oxygen atoms in total. The minimum atomic E-state index is -1.08. The van der Waals surface area contributed by atoms with E-state index in [4.69, 9.17) is 17.3 Å². The molecule has 0 spiro atoms. The molecule has 0 radical (unpaired) electrons. The Kier molecular flexibility index (Phi) is 3.06. The van der Waals surface area contributed by atoms with Gasteiger partial charge in [0.05, 0.1) is 0 Å². The first-order chi connectivity index (χ1) is 5.65. The lowest BCUT2D eigenvalue weighted by molar-refractivity contribution is 0.351. The Morgan fingerprint density at radius 1 is 1.58 bits per heavy atom. The lowest BCUT2D eigenvalue weighted by Gasteiger charge is -2.08. The van der Waals surface area contributed by atoms with Gasteiger partial charge in [0.1, 0.15) is 6.17 Å². The van der Waals surface area contributed by atoms with Gasteiger partial charge in [0.15, 0.2) is 0 Å². The third kappa shape index (κ3) is 1.96. The summed E-state index contributed by atoms with van der Waals surface area (Å²) in [6.45, 7) is 1.84. The first kappa shape index (κ1) is 9.49. The van der Waals surface area contributed by atoms with E-state index < -0.39 is 6.17 Å². The van der Waals surface area contributed by atoms with Gasteiger partial charge in [-0.1, -0.05) is 17.7 Å². The maximum atomic E-state index is 13.1. The van der Waals surface area contributed by atoms with Crippen LogP contribution >= 0.6 is 11.6 Å². The number of alkyl halides is 1. The van der Waals surface area contributed by atoms with E-state index in [9.17, 15) is 4.39 Å². The van der Waals surface area contributed by atoms with Crippen LogP contribution < -0.4 is 5.73 Å². The van der Waals surface area contributed by atoms with E-state index >= 15 is 0 Å². The first-order valence-corrected chi connectivity index (χ1v) is 4.13. The zero-order valence-corrected chi connectivity index (χ0v) is 7.61. The number of hydrogen-bond donors (Lipinski definition) is 1. The van der Waals surface area contributed by atoms with Gasteiger partial charge in [-0.25, -0.2) is 4.39 Å².